The van der Waals surface area contributed by atoms with Crippen LogP contribution in [0.5, 0.6) is 0 Å². The van der Waals surface area contributed by atoms with Crippen LogP contribution in [0.25, 0.3) is 0 Å². The second kappa shape index (κ2) is 2.89. The highest BCUT2D eigenvalue weighted by molar-refractivity contribution is 4.92. The topological polar surface area (TPSA) is 46.2 Å². The minimum absolute atomic E-state index is 0.203. The quantitative estimate of drug-likeness (QED) is 0.616. The van der Waals surface area contributed by atoms with Crippen LogP contribution >= 0.6 is 0 Å². The third-order valence-electron chi connectivity index (χ3n) is 2.98. The van der Waals surface area contributed by atoms with Crippen LogP contribution in [-0.4, -0.2) is 17.8 Å². The van der Waals surface area contributed by atoms with E-state index in [0.717, 1.165) is 6.42 Å². The standard InChI is InChI=1S/C8H17NO/c1-2-8(4-3-5-8)7(10)6-9/h7,10H,2-6,9H2,1H3/t7-/m1/s1. The average Bonchev–Trinajstić information content (AvgIpc) is 1.86. The summed E-state index contributed by atoms with van der Waals surface area (Å²) in [5.74, 6) is 0. The Kier molecular flexibility index (Phi) is 2.32. The molecule has 0 heterocycles. The summed E-state index contributed by atoms with van der Waals surface area (Å²) in [7, 11) is 0. The van der Waals surface area contributed by atoms with E-state index >= 15 is 0 Å². The molecule has 2 nitrogen and oxygen atoms in total. The molecule has 0 amide bonds. The number of aliphatic hydroxyl groups excluding tert-OH is 1. The maximum absolute atomic E-state index is 9.50. The Bertz CT molecular complexity index is 104. The minimum atomic E-state index is -0.258. The molecule has 1 rings (SSSR count). The largest absolute Gasteiger partial charge is 0.391 e. The highest BCUT2D eigenvalue weighted by Gasteiger charge is 2.40. The van der Waals surface area contributed by atoms with Crippen LogP contribution < -0.4 is 5.73 Å². The van der Waals surface area contributed by atoms with Crippen molar-refractivity contribution in [2.24, 2.45) is 11.1 Å². The molecular formula is C8H17NO. The minimum Gasteiger partial charge on any atom is -0.391 e. The highest BCUT2D eigenvalue weighted by Crippen LogP contribution is 2.46. The van der Waals surface area contributed by atoms with E-state index in [1.54, 1.807) is 0 Å². The number of nitrogens with two attached hydrogens (primary N) is 1. The molecule has 0 aromatic rings. The van der Waals surface area contributed by atoms with E-state index in [1.165, 1.54) is 19.3 Å². The van der Waals surface area contributed by atoms with Crippen molar-refractivity contribution in [1.29, 1.82) is 0 Å². The van der Waals surface area contributed by atoms with Crippen LogP contribution in [0.2, 0.25) is 0 Å². The Morgan fingerprint density at radius 1 is 1.60 bits per heavy atom. The second-order valence-electron chi connectivity index (χ2n) is 3.32. The molecule has 0 aromatic heterocycles. The van der Waals surface area contributed by atoms with Gasteiger partial charge in [-0.25, -0.2) is 0 Å². The fourth-order valence-corrected chi connectivity index (χ4v) is 1.80. The molecule has 10 heavy (non-hydrogen) atoms. The van der Waals surface area contributed by atoms with E-state index < -0.39 is 0 Å². The number of hydrogen-bond acceptors (Lipinski definition) is 2. The molecule has 1 fully saturated rings. The first-order valence-corrected chi connectivity index (χ1v) is 4.13. The van der Waals surface area contributed by atoms with Crippen molar-refractivity contribution in [3.05, 3.63) is 0 Å². The molecule has 1 saturated carbocycles. The van der Waals surface area contributed by atoms with Gasteiger partial charge in [0.2, 0.25) is 0 Å². The average molecular weight is 143 g/mol. The predicted molar refractivity (Wildman–Crippen MR) is 41.6 cm³/mol. The molecule has 3 N–H and O–H groups in total. The molecule has 1 atom stereocenters. The maximum atomic E-state index is 9.50. The van der Waals surface area contributed by atoms with Crippen LogP contribution in [0.15, 0.2) is 0 Å². The van der Waals surface area contributed by atoms with Gasteiger partial charge in [-0.15, -0.1) is 0 Å². The van der Waals surface area contributed by atoms with E-state index in [-0.39, 0.29) is 11.5 Å². The van der Waals surface area contributed by atoms with E-state index in [2.05, 4.69) is 6.92 Å². The van der Waals surface area contributed by atoms with Gasteiger partial charge in [0.15, 0.2) is 0 Å². The zero-order valence-electron chi connectivity index (χ0n) is 6.64. The van der Waals surface area contributed by atoms with Gasteiger partial charge in [0, 0.05) is 6.54 Å². The lowest BCUT2D eigenvalue weighted by atomic mass is 9.63. The molecule has 60 valence electrons. The fourth-order valence-electron chi connectivity index (χ4n) is 1.80. The van der Waals surface area contributed by atoms with Gasteiger partial charge in [-0.1, -0.05) is 13.3 Å². The van der Waals surface area contributed by atoms with Crippen LogP contribution in [0.4, 0.5) is 0 Å². The predicted octanol–water partition coefficient (Wildman–Crippen LogP) is 0.886. The van der Waals surface area contributed by atoms with Gasteiger partial charge in [0.1, 0.15) is 0 Å². The zero-order valence-corrected chi connectivity index (χ0v) is 6.64. The van der Waals surface area contributed by atoms with Gasteiger partial charge in [-0.05, 0) is 24.7 Å². The molecule has 1 aliphatic carbocycles. The van der Waals surface area contributed by atoms with Crippen molar-refractivity contribution >= 4 is 0 Å². The third-order valence-corrected chi connectivity index (χ3v) is 2.98. The summed E-state index contributed by atoms with van der Waals surface area (Å²) in [4.78, 5) is 0. The third kappa shape index (κ3) is 1.06. The Balaban J connectivity index is 2.46. The molecule has 0 spiro atoms. The Morgan fingerprint density at radius 3 is 2.30 bits per heavy atom. The number of hydrogen-bond donors (Lipinski definition) is 2. The Labute approximate surface area is 62.4 Å². The van der Waals surface area contributed by atoms with Crippen molar-refractivity contribution < 1.29 is 5.11 Å². The first-order chi connectivity index (χ1) is 4.75. The van der Waals surface area contributed by atoms with Gasteiger partial charge >= 0.3 is 0 Å². The van der Waals surface area contributed by atoms with Gasteiger partial charge in [0.25, 0.3) is 0 Å². The van der Waals surface area contributed by atoms with Gasteiger partial charge in [-0.2, -0.15) is 0 Å². The molecule has 0 aromatic carbocycles. The van der Waals surface area contributed by atoms with E-state index in [0.29, 0.717) is 6.54 Å². The Morgan fingerprint density at radius 2 is 2.20 bits per heavy atom. The van der Waals surface area contributed by atoms with Crippen LogP contribution in [0.3, 0.4) is 0 Å². The summed E-state index contributed by atoms with van der Waals surface area (Å²) in [6.45, 7) is 2.56. The molecule has 1 aliphatic rings. The lowest BCUT2D eigenvalue weighted by molar-refractivity contribution is -0.0316. The van der Waals surface area contributed by atoms with Crippen LogP contribution in [-0.2, 0) is 0 Å². The van der Waals surface area contributed by atoms with Crippen molar-refractivity contribution in [2.45, 2.75) is 38.7 Å². The van der Waals surface area contributed by atoms with E-state index in [1.807, 2.05) is 0 Å². The van der Waals surface area contributed by atoms with Crippen molar-refractivity contribution in [2.75, 3.05) is 6.54 Å². The van der Waals surface area contributed by atoms with Gasteiger partial charge in [-0.3, -0.25) is 0 Å². The Hall–Kier alpha value is -0.0800. The van der Waals surface area contributed by atoms with Crippen molar-refractivity contribution in [3.63, 3.8) is 0 Å². The molecule has 2 heteroatoms. The molecule has 0 saturated heterocycles. The smallest absolute Gasteiger partial charge is 0.0718 e. The summed E-state index contributed by atoms with van der Waals surface area (Å²) in [6, 6.07) is 0. The first-order valence-electron chi connectivity index (χ1n) is 4.13. The number of rotatable bonds is 3. The highest BCUT2D eigenvalue weighted by atomic mass is 16.3. The second-order valence-corrected chi connectivity index (χ2v) is 3.32. The van der Waals surface area contributed by atoms with E-state index in [4.69, 9.17) is 5.73 Å². The van der Waals surface area contributed by atoms with Crippen LogP contribution in [0.1, 0.15) is 32.6 Å². The lowest BCUT2D eigenvalue weighted by Gasteiger charge is -2.44. The van der Waals surface area contributed by atoms with Crippen molar-refractivity contribution in [3.8, 4) is 0 Å². The normalized spacial score (nSPS) is 25.5. The lowest BCUT2D eigenvalue weighted by Crippen LogP contribution is -2.44. The first kappa shape index (κ1) is 8.02. The molecule has 0 radical (unpaired) electrons. The van der Waals surface area contributed by atoms with E-state index in [9.17, 15) is 5.11 Å². The molecule has 0 unspecified atom stereocenters. The fraction of sp³-hybridized carbons (Fsp3) is 1.00. The molecule has 0 aliphatic heterocycles. The summed E-state index contributed by atoms with van der Waals surface area (Å²) >= 11 is 0. The molecular weight excluding hydrogens is 126 g/mol. The van der Waals surface area contributed by atoms with Crippen LogP contribution in [0, 0.1) is 5.41 Å². The number of aliphatic hydroxyl groups is 1. The zero-order chi connectivity index (χ0) is 7.61. The maximum Gasteiger partial charge on any atom is 0.0718 e. The summed E-state index contributed by atoms with van der Waals surface area (Å²) in [6.07, 6.45) is 4.42. The summed E-state index contributed by atoms with van der Waals surface area (Å²) < 4.78 is 0. The SMILES string of the molecule is CCC1([C@H](O)CN)CCC1. The van der Waals surface area contributed by atoms with Crippen molar-refractivity contribution in [1.82, 2.24) is 0 Å². The summed E-state index contributed by atoms with van der Waals surface area (Å²) in [5, 5.41) is 9.50. The van der Waals surface area contributed by atoms with Gasteiger partial charge in [0.05, 0.1) is 6.10 Å². The summed E-state index contributed by atoms with van der Waals surface area (Å²) in [5.41, 5.74) is 5.60. The van der Waals surface area contributed by atoms with Gasteiger partial charge < -0.3 is 10.8 Å². The monoisotopic (exact) mass is 143 g/mol. The molecule has 0 bridgehead atoms.